The van der Waals surface area contributed by atoms with Crippen molar-refractivity contribution in [3.8, 4) is 0 Å². The molecule has 2 aliphatic heterocycles. The predicted octanol–water partition coefficient (Wildman–Crippen LogP) is 1.14. The fourth-order valence-corrected chi connectivity index (χ4v) is 3.07. The fourth-order valence-electron chi connectivity index (χ4n) is 3.07. The molecule has 1 N–H and O–H groups in total. The van der Waals surface area contributed by atoms with Crippen LogP contribution in [0.5, 0.6) is 0 Å². The highest BCUT2D eigenvalue weighted by molar-refractivity contribution is 5.33. The molecule has 2 aliphatic rings. The quantitative estimate of drug-likeness (QED) is 0.788. The maximum atomic E-state index is 4.57. The molecule has 2 fully saturated rings. The number of nitrogens with zero attached hydrogens (tertiary/aromatic N) is 3. The van der Waals surface area contributed by atoms with Crippen LogP contribution < -0.4 is 10.2 Å². The molecule has 0 aromatic carbocycles. The average molecular weight is 232 g/mol. The van der Waals surface area contributed by atoms with E-state index in [4.69, 9.17) is 0 Å². The van der Waals surface area contributed by atoms with Crippen molar-refractivity contribution in [1.82, 2.24) is 15.3 Å². The van der Waals surface area contributed by atoms with Gasteiger partial charge in [-0.25, -0.2) is 9.97 Å². The molecule has 17 heavy (non-hydrogen) atoms. The van der Waals surface area contributed by atoms with E-state index >= 15 is 0 Å². The summed E-state index contributed by atoms with van der Waals surface area (Å²) in [6.45, 7) is 8.66. The number of aromatic nitrogens is 2. The number of anilines is 1. The van der Waals surface area contributed by atoms with Gasteiger partial charge in [0.2, 0.25) is 5.95 Å². The van der Waals surface area contributed by atoms with Crippen molar-refractivity contribution in [2.45, 2.75) is 20.3 Å². The van der Waals surface area contributed by atoms with Gasteiger partial charge in [-0.15, -0.1) is 0 Å². The molecular weight excluding hydrogens is 212 g/mol. The van der Waals surface area contributed by atoms with E-state index in [0.717, 1.165) is 48.8 Å². The standard InChI is InChI=1S/C13H20N4/c1-9-5-10(2)16-13(15-9)17-4-3-11-6-14-7-12(11)8-17/h5,11-12,14H,3-4,6-8H2,1-2H3/t11-,12-/m0/s1. The molecule has 4 nitrogen and oxygen atoms in total. The molecule has 3 heterocycles. The monoisotopic (exact) mass is 232 g/mol. The van der Waals surface area contributed by atoms with Crippen LogP contribution in [0.1, 0.15) is 17.8 Å². The Kier molecular flexibility index (Phi) is 2.74. The molecule has 1 aromatic rings. The van der Waals surface area contributed by atoms with Gasteiger partial charge in [-0.2, -0.15) is 0 Å². The van der Waals surface area contributed by atoms with E-state index in [1.807, 2.05) is 19.9 Å². The van der Waals surface area contributed by atoms with Crippen molar-refractivity contribution < 1.29 is 0 Å². The zero-order chi connectivity index (χ0) is 11.8. The minimum absolute atomic E-state index is 0.785. The zero-order valence-electron chi connectivity index (χ0n) is 10.6. The summed E-state index contributed by atoms with van der Waals surface area (Å²) in [5.41, 5.74) is 2.14. The zero-order valence-corrected chi connectivity index (χ0v) is 10.6. The predicted molar refractivity (Wildman–Crippen MR) is 68.2 cm³/mol. The summed E-state index contributed by atoms with van der Waals surface area (Å²) in [6, 6.07) is 2.04. The molecule has 0 amide bonds. The van der Waals surface area contributed by atoms with Crippen molar-refractivity contribution in [3.63, 3.8) is 0 Å². The Balaban J connectivity index is 1.80. The lowest BCUT2D eigenvalue weighted by molar-refractivity contribution is 0.346. The maximum Gasteiger partial charge on any atom is 0.225 e. The molecule has 0 spiro atoms. The van der Waals surface area contributed by atoms with Gasteiger partial charge in [-0.3, -0.25) is 0 Å². The first-order chi connectivity index (χ1) is 8.22. The minimum Gasteiger partial charge on any atom is -0.340 e. The summed E-state index contributed by atoms with van der Waals surface area (Å²) in [7, 11) is 0. The van der Waals surface area contributed by atoms with Gasteiger partial charge in [-0.05, 0) is 51.3 Å². The Morgan fingerprint density at radius 3 is 2.65 bits per heavy atom. The van der Waals surface area contributed by atoms with E-state index in [0.29, 0.717) is 0 Å². The average Bonchev–Trinajstić information content (AvgIpc) is 2.74. The minimum atomic E-state index is 0.785. The normalized spacial score (nSPS) is 28.2. The number of hydrogen-bond acceptors (Lipinski definition) is 4. The molecule has 3 rings (SSSR count). The molecule has 0 unspecified atom stereocenters. The summed E-state index contributed by atoms with van der Waals surface area (Å²) < 4.78 is 0. The second kappa shape index (κ2) is 4.26. The third kappa shape index (κ3) is 2.14. The van der Waals surface area contributed by atoms with E-state index in [-0.39, 0.29) is 0 Å². The number of hydrogen-bond donors (Lipinski definition) is 1. The van der Waals surface area contributed by atoms with Crippen molar-refractivity contribution >= 4 is 5.95 Å². The van der Waals surface area contributed by atoms with E-state index in [9.17, 15) is 0 Å². The molecule has 0 aliphatic carbocycles. The lowest BCUT2D eigenvalue weighted by Gasteiger charge is -2.34. The second-order valence-corrected chi connectivity index (χ2v) is 5.36. The van der Waals surface area contributed by atoms with Gasteiger partial charge in [0.25, 0.3) is 0 Å². The van der Waals surface area contributed by atoms with Crippen LogP contribution in [0.15, 0.2) is 6.07 Å². The maximum absolute atomic E-state index is 4.57. The summed E-state index contributed by atoms with van der Waals surface area (Å²) in [4.78, 5) is 11.5. The first-order valence-electron chi connectivity index (χ1n) is 6.50. The Labute approximate surface area is 102 Å². The summed E-state index contributed by atoms with van der Waals surface area (Å²) in [5, 5.41) is 3.49. The van der Waals surface area contributed by atoms with Crippen molar-refractivity contribution in [3.05, 3.63) is 17.5 Å². The van der Waals surface area contributed by atoms with Gasteiger partial charge >= 0.3 is 0 Å². The highest BCUT2D eigenvalue weighted by Gasteiger charge is 2.33. The van der Waals surface area contributed by atoms with Crippen LogP contribution in [0.4, 0.5) is 5.95 Å². The number of nitrogens with one attached hydrogen (secondary N) is 1. The second-order valence-electron chi connectivity index (χ2n) is 5.36. The SMILES string of the molecule is Cc1cc(C)nc(N2CC[C@H]3CNC[C@H]3C2)n1. The molecule has 0 radical (unpaired) electrons. The van der Waals surface area contributed by atoms with Crippen LogP contribution >= 0.6 is 0 Å². The first kappa shape index (κ1) is 11.0. The molecule has 2 saturated heterocycles. The van der Waals surface area contributed by atoms with E-state index in [1.165, 1.54) is 13.0 Å². The molecule has 92 valence electrons. The Bertz CT molecular complexity index is 398. The number of fused-ring (bicyclic) bond motifs is 1. The smallest absolute Gasteiger partial charge is 0.225 e. The van der Waals surface area contributed by atoms with Crippen molar-refractivity contribution in [2.75, 3.05) is 31.1 Å². The van der Waals surface area contributed by atoms with Crippen LogP contribution in [0, 0.1) is 25.7 Å². The highest BCUT2D eigenvalue weighted by Crippen LogP contribution is 2.28. The Morgan fingerprint density at radius 2 is 1.88 bits per heavy atom. The fraction of sp³-hybridized carbons (Fsp3) is 0.692. The highest BCUT2D eigenvalue weighted by atomic mass is 15.3. The van der Waals surface area contributed by atoms with Gasteiger partial charge in [-0.1, -0.05) is 0 Å². The molecule has 0 saturated carbocycles. The van der Waals surface area contributed by atoms with Gasteiger partial charge in [0.05, 0.1) is 0 Å². The number of piperidine rings is 1. The Morgan fingerprint density at radius 1 is 1.18 bits per heavy atom. The third-order valence-corrected chi connectivity index (χ3v) is 3.96. The molecule has 4 heteroatoms. The van der Waals surface area contributed by atoms with E-state index in [1.54, 1.807) is 0 Å². The largest absolute Gasteiger partial charge is 0.340 e. The lowest BCUT2D eigenvalue weighted by atomic mass is 9.89. The van der Waals surface area contributed by atoms with Crippen LogP contribution in [0.2, 0.25) is 0 Å². The Hall–Kier alpha value is -1.16. The van der Waals surface area contributed by atoms with Crippen LogP contribution in [0.25, 0.3) is 0 Å². The first-order valence-corrected chi connectivity index (χ1v) is 6.50. The molecule has 1 aromatic heterocycles. The summed E-state index contributed by atoms with van der Waals surface area (Å²) in [5.74, 6) is 2.58. The number of aryl methyl sites for hydroxylation is 2. The number of rotatable bonds is 1. The topological polar surface area (TPSA) is 41.1 Å². The van der Waals surface area contributed by atoms with E-state index in [2.05, 4.69) is 20.2 Å². The molecular formula is C13H20N4. The van der Waals surface area contributed by atoms with Crippen LogP contribution in [-0.4, -0.2) is 36.1 Å². The van der Waals surface area contributed by atoms with Crippen molar-refractivity contribution in [2.24, 2.45) is 11.8 Å². The summed E-state index contributed by atoms with van der Waals surface area (Å²) >= 11 is 0. The van der Waals surface area contributed by atoms with Crippen molar-refractivity contribution in [1.29, 1.82) is 0 Å². The summed E-state index contributed by atoms with van der Waals surface area (Å²) in [6.07, 6.45) is 1.27. The van der Waals surface area contributed by atoms with Gasteiger partial charge in [0, 0.05) is 24.5 Å². The van der Waals surface area contributed by atoms with Crippen LogP contribution in [-0.2, 0) is 0 Å². The van der Waals surface area contributed by atoms with Gasteiger partial charge < -0.3 is 10.2 Å². The third-order valence-electron chi connectivity index (χ3n) is 3.96. The van der Waals surface area contributed by atoms with E-state index < -0.39 is 0 Å². The molecule has 0 bridgehead atoms. The van der Waals surface area contributed by atoms with Gasteiger partial charge in [0.15, 0.2) is 0 Å². The lowest BCUT2D eigenvalue weighted by Crippen LogP contribution is -2.41. The van der Waals surface area contributed by atoms with Crippen LogP contribution in [0.3, 0.4) is 0 Å². The van der Waals surface area contributed by atoms with Gasteiger partial charge in [0.1, 0.15) is 0 Å². The molecule has 2 atom stereocenters.